The molecule has 0 bridgehead atoms. The molecule has 1 aromatic heterocycles. The second-order valence-electron chi connectivity index (χ2n) is 9.28. The first-order valence-electron chi connectivity index (χ1n) is 11.2. The molecule has 4 atom stereocenters. The van der Waals surface area contributed by atoms with Gasteiger partial charge in [0.05, 0.1) is 11.6 Å². The highest BCUT2D eigenvalue weighted by molar-refractivity contribution is 5.98. The van der Waals surface area contributed by atoms with E-state index in [1.807, 2.05) is 0 Å². The Balaban J connectivity index is 1.46. The average molecular weight is 450 g/mol. The van der Waals surface area contributed by atoms with Crippen molar-refractivity contribution in [2.24, 2.45) is 17.6 Å². The van der Waals surface area contributed by atoms with E-state index in [1.165, 1.54) is 25.0 Å². The van der Waals surface area contributed by atoms with E-state index in [2.05, 4.69) is 29.6 Å². The zero-order valence-electron chi connectivity index (χ0n) is 18.3. The van der Waals surface area contributed by atoms with Crippen LogP contribution in [0.4, 0.5) is 24.7 Å². The van der Waals surface area contributed by atoms with Crippen molar-refractivity contribution >= 4 is 17.4 Å². The highest BCUT2D eigenvalue weighted by Gasteiger charge is 2.34. The number of nitrogens with zero attached hydrogens (tertiary/aromatic N) is 2. The number of primary amides is 1. The Morgan fingerprint density at radius 3 is 2.44 bits per heavy atom. The lowest BCUT2D eigenvalue weighted by Crippen LogP contribution is -2.42. The monoisotopic (exact) mass is 449 g/mol. The van der Waals surface area contributed by atoms with Gasteiger partial charge in [0.2, 0.25) is 0 Å². The lowest BCUT2D eigenvalue weighted by molar-refractivity contribution is -0.137. The molecule has 0 spiro atoms. The molecule has 1 amide bonds. The molecule has 0 saturated heterocycles. The first kappa shape index (κ1) is 22.6. The number of benzene rings is 1. The quantitative estimate of drug-likeness (QED) is 0.564. The van der Waals surface area contributed by atoms with Crippen molar-refractivity contribution in [2.75, 3.05) is 5.32 Å². The second kappa shape index (κ2) is 8.77. The van der Waals surface area contributed by atoms with Crippen LogP contribution in [0.1, 0.15) is 67.9 Å². The molecule has 4 rings (SSSR count). The smallest absolute Gasteiger partial charge is 0.365 e. The van der Waals surface area contributed by atoms with Crippen LogP contribution in [0.15, 0.2) is 30.5 Å². The van der Waals surface area contributed by atoms with Crippen molar-refractivity contribution in [3.8, 4) is 0 Å². The lowest BCUT2D eigenvalue weighted by atomic mass is 9.82. The molecule has 32 heavy (non-hydrogen) atoms. The summed E-state index contributed by atoms with van der Waals surface area (Å²) < 4.78 is 40.2. The van der Waals surface area contributed by atoms with E-state index in [-0.39, 0.29) is 17.4 Å². The third-order valence-corrected chi connectivity index (χ3v) is 6.76. The SMILES string of the molecule is CC1CC(NC(C)C2CC2)CCC1n1cc(C(N)=O)c(Nc2ccc(C(F)(F)F)cc2)n1. The molecule has 2 aliphatic carbocycles. The fourth-order valence-electron chi connectivity index (χ4n) is 4.74. The van der Waals surface area contributed by atoms with Gasteiger partial charge >= 0.3 is 6.18 Å². The Labute approximate surface area is 185 Å². The highest BCUT2D eigenvalue weighted by atomic mass is 19.4. The Kier molecular flexibility index (Phi) is 6.20. The Bertz CT molecular complexity index is 952. The van der Waals surface area contributed by atoms with Crippen LogP contribution in [-0.4, -0.2) is 27.8 Å². The maximum Gasteiger partial charge on any atom is 0.416 e. The van der Waals surface area contributed by atoms with Crippen molar-refractivity contribution in [1.82, 2.24) is 15.1 Å². The first-order chi connectivity index (χ1) is 15.1. The van der Waals surface area contributed by atoms with Crippen LogP contribution in [0, 0.1) is 11.8 Å². The summed E-state index contributed by atoms with van der Waals surface area (Å²) in [6.45, 7) is 4.45. The van der Waals surface area contributed by atoms with E-state index < -0.39 is 17.6 Å². The maximum atomic E-state index is 12.8. The molecule has 4 unspecified atom stereocenters. The zero-order valence-corrected chi connectivity index (χ0v) is 18.3. The van der Waals surface area contributed by atoms with Gasteiger partial charge in [0.15, 0.2) is 5.82 Å². The van der Waals surface area contributed by atoms with Gasteiger partial charge in [-0.3, -0.25) is 9.48 Å². The third-order valence-electron chi connectivity index (χ3n) is 6.76. The highest BCUT2D eigenvalue weighted by Crippen LogP contribution is 2.37. The van der Waals surface area contributed by atoms with Gasteiger partial charge in [-0.05, 0) is 75.1 Å². The number of nitrogens with one attached hydrogen (secondary N) is 2. The molecule has 2 aromatic rings. The van der Waals surface area contributed by atoms with E-state index in [9.17, 15) is 18.0 Å². The number of halogens is 3. The van der Waals surface area contributed by atoms with Gasteiger partial charge in [0, 0.05) is 24.0 Å². The number of carbonyl (C=O) groups is 1. The molecule has 2 saturated carbocycles. The Hall–Kier alpha value is -2.55. The van der Waals surface area contributed by atoms with Gasteiger partial charge in [0.1, 0.15) is 5.56 Å². The van der Waals surface area contributed by atoms with Gasteiger partial charge in [-0.25, -0.2) is 0 Å². The largest absolute Gasteiger partial charge is 0.416 e. The molecule has 4 N–H and O–H groups in total. The normalized spacial score (nSPS) is 24.8. The zero-order chi connectivity index (χ0) is 23.0. The molecule has 6 nitrogen and oxygen atoms in total. The predicted molar refractivity (Wildman–Crippen MR) is 117 cm³/mol. The molecular weight excluding hydrogens is 419 g/mol. The van der Waals surface area contributed by atoms with Crippen LogP contribution in [0.2, 0.25) is 0 Å². The molecule has 174 valence electrons. The van der Waals surface area contributed by atoms with Gasteiger partial charge in [-0.1, -0.05) is 6.92 Å². The standard InChI is InChI=1S/C23H30F3N5O/c1-13-11-18(28-14(2)15-3-4-15)9-10-20(13)31-12-19(21(27)32)22(30-31)29-17-7-5-16(6-8-17)23(24,25)26/h5-8,12-15,18,20,28H,3-4,9-11H2,1-2H3,(H2,27,32)(H,29,30). The molecule has 9 heteroatoms. The molecule has 2 aliphatic rings. The topological polar surface area (TPSA) is 85.0 Å². The van der Waals surface area contributed by atoms with E-state index in [0.29, 0.717) is 23.7 Å². The number of nitrogens with two attached hydrogens (primary N) is 1. The van der Waals surface area contributed by atoms with Gasteiger partial charge in [0.25, 0.3) is 5.91 Å². The lowest BCUT2D eigenvalue weighted by Gasteiger charge is -2.36. The van der Waals surface area contributed by atoms with Crippen LogP contribution < -0.4 is 16.4 Å². The molecule has 0 radical (unpaired) electrons. The minimum Gasteiger partial charge on any atom is -0.365 e. The van der Waals surface area contributed by atoms with Crippen molar-refractivity contribution in [3.05, 3.63) is 41.6 Å². The molecule has 2 fully saturated rings. The van der Waals surface area contributed by atoms with Crippen molar-refractivity contribution in [3.63, 3.8) is 0 Å². The van der Waals surface area contributed by atoms with Crippen LogP contribution in [0.5, 0.6) is 0 Å². The summed E-state index contributed by atoms with van der Waals surface area (Å²) in [5.41, 5.74) is 5.44. The van der Waals surface area contributed by atoms with Crippen LogP contribution in [0.25, 0.3) is 0 Å². The van der Waals surface area contributed by atoms with E-state index in [0.717, 1.165) is 37.3 Å². The minimum atomic E-state index is -4.40. The number of hydrogen-bond donors (Lipinski definition) is 3. The first-order valence-corrected chi connectivity index (χ1v) is 11.2. The van der Waals surface area contributed by atoms with Gasteiger partial charge < -0.3 is 16.4 Å². The second-order valence-corrected chi connectivity index (χ2v) is 9.28. The van der Waals surface area contributed by atoms with E-state index in [4.69, 9.17) is 5.73 Å². The number of alkyl halides is 3. The summed E-state index contributed by atoms with van der Waals surface area (Å²) in [6.07, 6.45) is 2.85. The van der Waals surface area contributed by atoms with Crippen LogP contribution in [-0.2, 0) is 6.18 Å². The number of aromatic nitrogens is 2. The summed E-state index contributed by atoms with van der Waals surface area (Å²) in [6, 6.07) is 5.76. The average Bonchev–Trinajstić information content (AvgIpc) is 3.49. The molecule has 1 heterocycles. The van der Waals surface area contributed by atoms with Gasteiger partial charge in [-0.15, -0.1) is 0 Å². The maximum absolute atomic E-state index is 12.8. The fourth-order valence-corrected chi connectivity index (χ4v) is 4.74. The Morgan fingerprint density at radius 2 is 1.88 bits per heavy atom. The summed E-state index contributed by atoms with van der Waals surface area (Å²) >= 11 is 0. The van der Waals surface area contributed by atoms with Gasteiger partial charge in [-0.2, -0.15) is 18.3 Å². The van der Waals surface area contributed by atoms with E-state index in [1.54, 1.807) is 10.9 Å². The molecular formula is C23H30F3N5O. The number of hydrogen-bond acceptors (Lipinski definition) is 4. The number of rotatable bonds is 7. The summed E-state index contributed by atoms with van der Waals surface area (Å²) in [7, 11) is 0. The molecule has 0 aliphatic heterocycles. The van der Waals surface area contributed by atoms with Crippen molar-refractivity contribution in [1.29, 1.82) is 0 Å². The fraction of sp³-hybridized carbons (Fsp3) is 0.565. The summed E-state index contributed by atoms with van der Waals surface area (Å²) in [4.78, 5) is 12.0. The van der Waals surface area contributed by atoms with Crippen molar-refractivity contribution < 1.29 is 18.0 Å². The van der Waals surface area contributed by atoms with E-state index >= 15 is 0 Å². The Morgan fingerprint density at radius 1 is 1.19 bits per heavy atom. The predicted octanol–water partition coefficient (Wildman–Crippen LogP) is 4.86. The summed E-state index contributed by atoms with van der Waals surface area (Å²) in [5, 5.41) is 11.3. The summed E-state index contributed by atoms with van der Waals surface area (Å²) in [5.74, 6) is 0.789. The van der Waals surface area contributed by atoms with Crippen LogP contribution >= 0.6 is 0 Å². The number of amides is 1. The van der Waals surface area contributed by atoms with Crippen molar-refractivity contribution in [2.45, 2.75) is 70.3 Å². The van der Waals surface area contributed by atoms with Crippen LogP contribution in [0.3, 0.4) is 0 Å². The minimum absolute atomic E-state index is 0.130. The molecule has 1 aromatic carbocycles. The number of anilines is 2. The number of carbonyl (C=O) groups excluding carboxylic acids is 1. The third kappa shape index (κ3) is 5.09.